The maximum absolute atomic E-state index is 5.27. The van der Waals surface area contributed by atoms with Gasteiger partial charge in [0.1, 0.15) is 5.69 Å². The molecule has 3 heterocycles. The minimum absolute atomic E-state index is 0.669. The van der Waals surface area contributed by atoms with Gasteiger partial charge in [-0.2, -0.15) is 0 Å². The van der Waals surface area contributed by atoms with E-state index < -0.39 is 0 Å². The van der Waals surface area contributed by atoms with Gasteiger partial charge in [-0.15, -0.1) is 0 Å². The van der Waals surface area contributed by atoms with Crippen molar-refractivity contribution in [3.8, 4) is 39.6 Å². The first-order valence-corrected chi connectivity index (χ1v) is 20.7. The monoisotopic (exact) mass is 766 g/mol. The molecule has 4 heteroatoms. The predicted octanol–water partition coefficient (Wildman–Crippen LogP) is 13.9. The third-order valence-electron chi connectivity index (χ3n) is 12.7. The number of aryl methyl sites for hydroxylation is 2. The van der Waals surface area contributed by atoms with Crippen molar-refractivity contribution in [2.45, 2.75) is 19.8 Å². The topological polar surface area (TPSA) is 43.6 Å². The second-order valence-corrected chi connectivity index (χ2v) is 15.9. The minimum atomic E-state index is 0.669. The maximum Gasteiger partial charge on any atom is 0.160 e. The first kappa shape index (κ1) is 34.4. The van der Waals surface area contributed by atoms with E-state index >= 15 is 0 Å². The highest BCUT2D eigenvalue weighted by Gasteiger charge is 2.29. The molecule has 0 N–H and O–H groups in total. The van der Waals surface area contributed by atoms with Gasteiger partial charge in [0, 0.05) is 33.5 Å². The Labute approximate surface area is 347 Å². The zero-order chi connectivity index (χ0) is 39.9. The van der Waals surface area contributed by atoms with Crippen LogP contribution < -0.4 is 0 Å². The summed E-state index contributed by atoms with van der Waals surface area (Å²) >= 11 is 0. The molecule has 4 nitrogen and oxygen atoms in total. The van der Waals surface area contributed by atoms with E-state index in [-0.39, 0.29) is 0 Å². The van der Waals surface area contributed by atoms with E-state index in [1.165, 1.54) is 60.4 Å². The molecule has 0 atom stereocenters. The molecule has 0 bridgehead atoms. The second-order valence-electron chi connectivity index (χ2n) is 15.9. The molecule has 0 radical (unpaired) electrons. The molecule has 3 aromatic heterocycles. The average Bonchev–Trinajstić information content (AvgIpc) is 3.65. The second kappa shape index (κ2) is 13.4. The van der Waals surface area contributed by atoms with Crippen LogP contribution >= 0.6 is 0 Å². The summed E-state index contributed by atoms with van der Waals surface area (Å²) < 4.78 is 2.58. The third kappa shape index (κ3) is 5.14. The summed E-state index contributed by atoms with van der Waals surface area (Å²) in [5.41, 5.74) is 17.0. The Morgan fingerprint density at radius 3 is 2.20 bits per heavy atom. The van der Waals surface area contributed by atoms with Crippen LogP contribution in [0, 0.1) is 6.92 Å². The number of hydrogen-bond acceptors (Lipinski definition) is 3. The summed E-state index contributed by atoms with van der Waals surface area (Å²) in [7, 11) is 0. The van der Waals surface area contributed by atoms with Crippen LogP contribution in [0.4, 0.5) is 0 Å². The molecule has 0 saturated carbocycles. The molecule has 0 spiro atoms. The molecule has 12 rings (SSSR count). The van der Waals surface area contributed by atoms with Crippen molar-refractivity contribution in [2.75, 3.05) is 0 Å². The predicted molar refractivity (Wildman–Crippen MR) is 250 cm³/mol. The van der Waals surface area contributed by atoms with Gasteiger partial charge in [-0.25, -0.2) is 9.97 Å². The first-order valence-electron chi connectivity index (χ1n) is 20.7. The van der Waals surface area contributed by atoms with E-state index in [1.807, 2.05) is 36.5 Å². The van der Waals surface area contributed by atoms with Gasteiger partial charge in [0.05, 0.1) is 27.9 Å². The van der Waals surface area contributed by atoms with E-state index in [1.54, 1.807) is 0 Å². The molecule has 0 aliphatic heterocycles. The SMILES string of the molecule is C=C(c1ccccc1)c1cc2ccccc2c2c3cc(-c4nc(-c5ccccn5)c5ccccc5n4)ccc3n(-c3c4c(c5ccccc5c3C)-c3ccccc3CC4)c12. The van der Waals surface area contributed by atoms with E-state index in [2.05, 4.69) is 151 Å². The Morgan fingerprint density at radius 1 is 0.617 bits per heavy atom. The van der Waals surface area contributed by atoms with Crippen molar-refractivity contribution in [1.82, 2.24) is 19.5 Å². The lowest BCUT2D eigenvalue weighted by molar-refractivity contribution is 0.925. The van der Waals surface area contributed by atoms with Gasteiger partial charge >= 0.3 is 0 Å². The fourth-order valence-corrected chi connectivity index (χ4v) is 9.95. The molecular weight excluding hydrogens is 729 g/mol. The van der Waals surface area contributed by atoms with Gasteiger partial charge in [-0.05, 0) is 123 Å². The first-order chi connectivity index (χ1) is 29.6. The lowest BCUT2D eigenvalue weighted by atomic mass is 9.80. The maximum atomic E-state index is 5.27. The van der Waals surface area contributed by atoms with E-state index in [0.29, 0.717) is 5.82 Å². The zero-order valence-electron chi connectivity index (χ0n) is 33.2. The summed E-state index contributed by atoms with van der Waals surface area (Å²) in [5, 5.41) is 8.27. The Morgan fingerprint density at radius 2 is 1.35 bits per heavy atom. The smallest absolute Gasteiger partial charge is 0.160 e. The Hall–Kier alpha value is -7.69. The Kier molecular flexibility index (Phi) is 7.69. The van der Waals surface area contributed by atoms with Crippen LogP contribution in [-0.4, -0.2) is 19.5 Å². The molecule has 8 aromatic carbocycles. The number of para-hydroxylation sites is 1. The molecule has 0 amide bonds. The van der Waals surface area contributed by atoms with Crippen LogP contribution in [0.15, 0.2) is 183 Å². The third-order valence-corrected chi connectivity index (χ3v) is 12.7. The average molecular weight is 767 g/mol. The van der Waals surface area contributed by atoms with Crippen molar-refractivity contribution in [1.29, 1.82) is 0 Å². The lowest BCUT2D eigenvalue weighted by Gasteiger charge is -2.28. The van der Waals surface area contributed by atoms with Gasteiger partial charge < -0.3 is 4.57 Å². The summed E-state index contributed by atoms with van der Waals surface area (Å²) in [6.07, 6.45) is 3.75. The van der Waals surface area contributed by atoms with Crippen molar-refractivity contribution in [3.05, 3.63) is 210 Å². The van der Waals surface area contributed by atoms with E-state index in [9.17, 15) is 0 Å². The fraction of sp³-hybridized carbons (Fsp3) is 0.0536. The number of benzene rings is 8. The summed E-state index contributed by atoms with van der Waals surface area (Å²) in [4.78, 5) is 15.2. The van der Waals surface area contributed by atoms with Crippen LogP contribution in [0.1, 0.15) is 27.8 Å². The summed E-state index contributed by atoms with van der Waals surface area (Å²) in [6.45, 7) is 7.16. The van der Waals surface area contributed by atoms with Crippen molar-refractivity contribution < 1.29 is 0 Å². The van der Waals surface area contributed by atoms with Gasteiger partial charge in [-0.1, -0.05) is 134 Å². The number of fused-ring (bicyclic) bond motifs is 11. The minimum Gasteiger partial charge on any atom is -0.308 e. The van der Waals surface area contributed by atoms with Gasteiger partial charge in [0.15, 0.2) is 5.82 Å². The molecule has 0 fully saturated rings. The number of rotatable bonds is 5. The van der Waals surface area contributed by atoms with Gasteiger partial charge in [0.2, 0.25) is 0 Å². The zero-order valence-corrected chi connectivity index (χ0v) is 33.2. The van der Waals surface area contributed by atoms with Crippen LogP contribution in [-0.2, 0) is 12.8 Å². The standard InChI is InChI=1S/C56H38N4/c1-34(36-16-4-3-5-17-36)46-32-38-19-7-9-22-42(38)52-47-33-39(56-58-48-25-13-12-24-44(48)53(59-56)49-26-14-15-31-57-49)28-30-50(47)60(55(46)52)54-35(2)40-20-10-11-23-43(40)51-41-21-8-6-18-37(41)27-29-45(51)54/h3-26,28,30-33H,1,27,29H2,2H3. The highest BCUT2D eigenvalue weighted by molar-refractivity contribution is 6.25. The van der Waals surface area contributed by atoms with Gasteiger partial charge in [-0.3, -0.25) is 4.98 Å². The van der Waals surface area contributed by atoms with E-state index in [0.717, 1.165) is 73.8 Å². The molecule has 1 aliphatic rings. The molecule has 60 heavy (non-hydrogen) atoms. The summed E-state index contributed by atoms with van der Waals surface area (Å²) in [5.74, 6) is 0.669. The molecule has 0 saturated heterocycles. The van der Waals surface area contributed by atoms with Crippen LogP contribution in [0.3, 0.4) is 0 Å². The Bertz CT molecular complexity index is 3560. The number of aromatic nitrogens is 4. The molecule has 11 aromatic rings. The van der Waals surface area contributed by atoms with Gasteiger partial charge in [0.25, 0.3) is 0 Å². The van der Waals surface area contributed by atoms with Crippen molar-refractivity contribution in [2.24, 2.45) is 0 Å². The number of hydrogen-bond donors (Lipinski definition) is 0. The van der Waals surface area contributed by atoms with Crippen LogP contribution in [0.25, 0.3) is 99.4 Å². The van der Waals surface area contributed by atoms with Crippen molar-refractivity contribution >= 4 is 59.8 Å². The molecule has 1 aliphatic carbocycles. The van der Waals surface area contributed by atoms with E-state index in [4.69, 9.17) is 21.5 Å². The molecule has 282 valence electrons. The summed E-state index contributed by atoms with van der Waals surface area (Å²) in [6, 6.07) is 60.7. The Balaban J connectivity index is 1.24. The number of nitrogens with zero attached hydrogens (tertiary/aromatic N) is 4. The lowest BCUT2D eigenvalue weighted by Crippen LogP contribution is -2.12. The van der Waals surface area contributed by atoms with Crippen molar-refractivity contribution in [3.63, 3.8) is 0 Å². The fourth-order valence-electron chi connectivity index (χ4n) is 9.95. The highest BCUT2D eigenvalue weighted by Crippen LogP contribution is 2.49. The quantitative estimate of drug-likeness (QED) is 0.175. The van der Waals surface area contributed by atoms with Crippen LogP contribution in [0.5, 0.6) is 0 Å². The number of pyridine rings is 1. The molecule has 0 unspecified atom stereocenters. The largest absolute Gasteiger partial charge is 0.308 e. The molecular formula is C56H38N4. The normalized spacial score (nSPS) is 12.3. The van der Waals surface area contributed by atoms with Crippen LogP contribution in [0.2, 0.25) is 0 Å². The highest BCUT2D eigenvalue weighted by atomic mass is 15.0.